The first-order valence-electron chi connectivity index (χ1n) is 10.2. The Labute approximate surface area is 173 Å². The maximum Gasteiger partial charge on any atom is 0.220 e. The molecule has 3 nitrogen and oxygen atoms in total. The molecule has 0 aromatic heterocycles. The van der Waals surface area contributed by atoms with Crippen LogP contribution in [0.2, 0.25) is 5.02 Å². The molecule has 0 saturated carbocycles. The average Bonchev–Trinajstić information content (AvgIpc) is 2.72. The lowest BCUT2D eigenvalue weighted by molar-refractivity contribution is -0.121. The fraction of sp³-hybridized carbons (Fsp3) is 0.458. The predicted octanol–water partition coefficient (Wildman–Crippen LogP) is 5.26. The first-order chi connectivity index (χ1) is 13.5. The lowest BCUT2D eigenvalue weighted by Gasteiger charge is -2.38. The second-order valence-electron chi connectivity index (χ2n) is 8.08. The van der Waals surface area contributed by atoms with Crippen LogP contribution in [0.15, 0.2) is 48.5 Å². The van der Waals surface area contributed by atoms with E-state index in [2.05, 4.69) is 49.5 Å². The van der Waals surface area contributed by atoms with Crippen molar-refractivity contribution in [2.45, 2.75) is 50.9 Å². The zero-order chi connectivity index (χ0) is 20.0. The maximum atomic E-state index is 12.5. The molecule has 1 N–H and O–H groups in total. The largest absolute Gasteiger partial charge is 0.381 e. The van der Waals surface area contributed by atoms with E-state index in [1.165, 1.54) is 16.7 Å². The van der Waals surface area contributed by atoms with Crippen LogP contribution in [0.4, 0.5) is 0 Å². The normalized spacial score (nSPS) is 16.1. The number of carbonyl (C=O) groups excluding carboxylic acids is 1. The van der Waals surface area contributed by atoms with Crippen LogP contribution in [0.3, 0.4) is 0 Å². The molecular weight excluding hydrogens is 370 g/mol. The summed E-state index contributed by atoms with van der Waals surface area (Å²) >= 11 is 6.22. The molecule has 0 radical (unpaired) electrons. The van der Waals surface area contributed by atoms with E-state index < -0.39 is 0 Å². The van der Waals surface area contributed by atoms with Gasteiger partial charge in [-0.25, -0.2) is 0 Å². The van der Waals surface area contributed by atoms with Crippen LogP contribution in [0.5, 0.6) is 0 Å². The first-order valence-corrected chi connectivity index (χ1v) is 10.6. The Kier molecular flexibility index (Phi) is 7.14. The number of rotatable bonds is 7. The highest BCUT2D eigenvalue weighted by molar-refractivity contribution is 6.30. The van der Waals surface area contributed by atoms with Crippen molar-refractivity contribution in [3.8, 4) is 0 Å². The Hall–Kier alpha value is -1.84. The molecule has 1 fully saturated rings. The highest BCUT2D eigenvalue weighted by Crippen LogP contribution is 2.35. The van der Waals surface area contributed by atoms with E-state index in [-0.39, 0.29) is 11.3 Å². The van der Waals surface area contributed by atoms with Crippen molar-refractivity contribution in [1.29, 1.82) is 0 Å². The van der Waals surface area contributed by atoms with Crippen molar-refractivity contribution in [3.63, 3.8) is 0 Å². The highest BCUT2D eigenvalue weighted by atomic mass is 35.5. The second-order valence-corrected chi connectivity index (χ2v) is 8.51. The summed E-state index contributed by atoms with van der Waals surface area (Å²) in [5, 5.41) is 3.91. The van der Waals surface area contributed by atoms with Gasteiger partial charge in [-0.05, 0) is 54.0 Å². The van der Waals surface area contributed by atoms with Gasteiger partial charge in [-0.1, -0.05) is 61.8 Å². The Bertz CT molecular complexity index is 779. The average molecular weight is 400 g/mol. The third kappa shape index (κ3) is 5.36. The molecule has 150 valence electrons. The van der Waals surface area contributed by atoms with Crippen molar-refractivity contribution in [2.75, 3.05) is 19.8 Å². The van der Waals surface area contributed by atoms with Gasteiger partial charge in [0.2, 0.25) is 5.91 Å². The molecule has 0 aliphatic carbocycles. The van der Waals surface area contributed by atoms with Crippen molar-refractivity contribution < 1.29 is 9.53 Å². The number of halogens is 1. The predicted molar refractivity (Wildman–Crippen MR) is 115 cm³/mol. The summed E-state index contributed by atoms with van der Waals surface area (Å²) in [6, 6.07) is 16.6. The summed E-state index contributed by atoms with van der Waals surface area (Å²) in [5.41, 5.74) is 3.62. The molecule has 0 atom stereocenters. The topological polar surface area (TPSA) is 38.3 Å². The van der Waals surface area contributed by atoms with Crippen LogP contribution >= 0.6 is 11.6 Å². The Morgan fingerprint density at radius 1 is 1.14 bits per heavy atom. The van der Waals surface area contributed by atoms with Crippen molar-refractivity contribution in [3.05, 3.63) is 70.2 Å². The molecule has 1 amide bonds. The summed E-state index contributed by atoms with van der Waals surface area (Å²) in [4.78, 5) is 12.5. The molecule has 1 aliphatic rings. The van der Waals surface area contributed by atoms with Crippen LogP contribution in [-0.2, 0) is 21.4 Å². The quantitative estimate of drug-likeness (QED) is 0.689. The fourth-order valence-electron chi connectivity index (χ4n) is 3.83. The molecule has 28 heavy (non-hydrogen) atoms. The second kappa shape index (κ2) is 9.58. The van der Waals surface area contributed by atoms with Gasteiger partial charge in [0.05, 0.1) is 0 Å². The van der Waals surface area contributed by atoms with Crippen LogP contribution in [0.1, 0.15) is 55.7 Å². The molecule has 0 spiro atoms. The van der Waals surface area contributed by atoms with Gasteiger partial charge < -0.3 is 10.1 Å². The summed E-state index contributed by atoms with van der Waals surface area (Å²) in [6.45, 7) is 6.43. The van der Waals surface area contributed by atoms with Gasteiger partial charge in [0.15, 0.2) is 0 Å². The monoisotopic (exact) mass is 399 g/mol. The molecular formula is C24H30ClNO2. The Morgan fingerprint density at radius 3 is 2.50 bits per heavy atom. The van der Waals surface area contributed by atoms with E-state index in [9.17, 15) is 4.79 Å². The number of benzene rings is 2. The summed E-state index contributed by atoms with van der Waals surface area (Å²) in [6.07, 6.45) is 3.05. The van der Waals surface area contributed by atoms with E-state index in [0.29, 0.717) is 32.1 Å². The number of hydrogen-bond donors (Lipinski definition) is 1. The van der Waals surface area contributed by atoms with Crippen molar-refractivity contribution >= 4 is 17.5 Å². The van der Waals surface area contributed by atoms with Gasteiger partial charge in [-0.3, -0.25) is 4.79 Å². The van der Waals surface area contributed by atoms with Gasteiger partial charge in [0, 0.05) is 36.6 Å². The number of aryl methyl sites for hydroxylation is 1. The molecule has 3 rings (SSSR count). The molecule has 0 bridgehead atoms. The van der Waals surface area contributed by atoms with Crippen molar-refractivity contribution in [1.82, 2.24) is 5.32 Å². The highest BCUT2D eigenvalue weighted by Gasteiger charge is 2.34. The molecule has 0 unspecified atom stereocenters. The minimum absolute atomic E-state index is 0.0980. The fourth-order valence-corrected chi connectivity index (χ4v) is 4.02. The molecule has 1 saturated heterocycles. The van der Waals surface area contributed by atoms with Gasteiger partial charge in [0.1, 0.15) is 0 Å². The number of nitrogens with one attached hydrogen (secondary N) is 1. The molecule has 1 aliphatic heterocycles. The summed E-state index contributed by atoms with van der Waals surface area (Å²) < 4.78 is 5.57. The van der Waals surface area contributed by atoms with E-state index in [0.717, 1.165) is 24.3 Å². The minimum atomic E-state index is -0.0995. The van der Waals surface area contributed by atoms with E-state index in [1.807, 2.05) is 18.2 Å². The van der Waals surface area contributed by atoms with E-state index in [4.69, 9.17) is 16.3 Å². The smallest absolute Gasteiger partial charge is 0.220 e. The van der Waals surface area contributed by atoms with Crippen LogP contribution in [0, 0.1) is 0 Å². The third-order valence-electron chi connectivity index (χ3n) is 5.80. The summed E-state index contributed by atoms with van der Waals surface area (Å²) in [7, 11) is 0. The van der Waals surface area contributed by atoms with Crippen LogP contribution in [0.25, 0.3) is 0 Å². The standard InChI is InChI=1S/C24H30ClNO2/c1-18(2)20-9-6-19(7-10-20)8-11-23(27)26-17-24(12-14-28-15-13-24)21-4-3-5-22(25)16-21/h3-7,9-10,16,18H,8,11-15,17H2,1-2H3,(H,26,27). The third-order valence-corrected chi connectivity index (χ3v) is 6.03. The SMILES string of the molecule is CC(C)c1ccc(CCC(=O)NCC2(c3cccc(Cl)c3)CCOCC2)cc1. The number of ether oxygens (including phenoxy) is 1. The molecule has 4 heteroatoms. The summed E-state index contributed by atoms with van der Waals surface area (Å²) in [5.74, 6) is 0.625. The Morgan fingerprint density at radius 2 is 1.86 bits per heavy atom. The lowest BCUT2D eigenvalue weighted by atomic mass is 9.74. The van der Waals surface area contributed by atoms with E-state index >= 15 is 0 Å². The zero-order valence-electron chi connectivity index (χ0n) is 16.8. The van der Waals surface area contributed by atoms with Gasteiger partial charge in [0.25, 0.3) is 0 Å². The minimum Gasteiger partial charge on any atom is -0.381 e. The zero-order valence-corrected chi connectivity index (χ0v) is 17.6. The van der Waals surface area contributed by atoms with Crippen LogP contribution < -0.4 is 5.32 Å². The molecule has 2 aromatic carbocycles. The molecule has 1 heterocycles. The molecule has 2 aromatic rings. The Balaban J connectivity index is 1.58. The van der Waals surface area contributed by atoms with Gasteiger partial charge >= 0.3 is 0 Å². The number of hydrogen-bond acceptors (Lipinski definition) is 2. The lowest BCUT2D eigenvalue weighted by Crippen LogP contribution is -2.44. The van der Waals surface area contributed by atoms with Gasteiger partial charge in [-0.2, -0.15) is 0 Å². The first kappa shape index (κ1) is 20.9. The van der Waals surface area contributed by atoms with E-state index in [1.54, 1.807) is 0 Å². The maximum absolute atomic E-state index is 12.5. The van der Waals surface area contributed by atoms with Crippen LogP contribution in [-0.4, -0.2) is 25.7 Å². The van der Waals surface area contributed by atoms with Crippen molar-refractivity contribution in [2.24, 2.45) is 0 Å². The van der Waals surface area contributed by atoms with Gasteiger partial charge in [-0.15, -0.1) is 0 Å². The number of carbonyl (C=O) groups is 1. The number of amides is 1.